The lowest BCUT2D eigenvalue weighted by atomic mass is 10.2. The maximum atomic E-state index is 11.8. The van der Waals surface area contributed by atoms with E-state index in [1.807, 2.05) is 20.8 Å². The van der Waals surface area contributed by atoms with Gasteiger partial charge in [0.2, 0.25) is 11.8 Å². The minimum Gasteiger partial charge on any atom is -0.493 e. The molecule has 0 unspecified atom stereocenters. The van der Waals surface area contributed by atoms with Gasteiger partial charge in [-0.15, -0.1) is 0 Å². The second kappa shape index (κ2) is 11.4. The number of ether oxygens (including phenoxy) is 2. The lowest BCUT2D eigenvalue weighted by Gasteiger charge is -2.12. The fraction of sp³-hybridized carbons (Fsp3) is 0.474. The Labute approximate surface area is 159 Å². The predicted molar refractivity (Wildman–Crippen MR) is 104 cm³/mol. The minimum atomic E-state index is -0.259. The molecular weight excluding hydrogens is 356 g/mol. The first-order valence-corrected chi connectivity index (χ1v) is 9.00. The Hall–Kier alpha value is -2.21. The summed E-state index contributed by atoms with van der Waals surface area (Å²) in [6.07, 6.45) is 3.90. The van der Waals surface area contributed by atoms with Gasteiger partial charge in [0, 0.05) is 25.1 Å². The molecule has 0 fully saturated rings. The van der Waals surface area contributed by atoms with E-state index in [0.29, 0.717) is 36.2 Å². The molecule has 2 N–H and O–H groups in total. The Kier molecular flexibility index (Phi) is 9.58. The van der Waals surface area contributed by atoms with E-state index in [4.69, 9.17) is 21.1 Å². The van der Waals surface area contributed by atoms with Crippen molar-refractivity contribution in [2.24, 2.45) is 5.92 Å². The van der Waals surface area contributed by atoms with Gasteiger partial charge >= 0.3 is 0 Å². The van der Waals surface area contributed by atoms with Crippen LogP contribution in [-0.4, -0.2) is 38.6 Å². The van der Waals surface area contributed by atoms with E-state index in [1.54, 1.807) is 18.2 Å². The van der Waals surface area contributed by atoms with E-state index < -0.39 is 0 Å². The number of rotatable bonds is 10. The Bertz CT molecular complexity index is 645. The van der Waals surface area contributed by atoms with Crippen LogP contribution in [0.1, 0.15) is 32.8 Å². The van der Waals surface area contributed by atoms with Crippen LogP contribution >= 0.6 is 11.6 Å². The van der Waals surface area contributed by atoms with Crippen molar-refractivity contribution in [3.8, 4) is 11.5 Å². The highest BCUT2D eigenvalue weighted by atomic mass is 35.5. The average molecular weight is 383 g/mol. The van der Waals surface area contributed by atoms with Crippen molar-refractivity contribution < 1.29 is 19.1 Å². The van der Waals surface area contributed by atoms with Gasteiger partial charge in [-0.2, -0.15) is 0 Å². The zero-order valence-corrected chi connectivity index (χ0v) is 16.5. The zero-order valence-electron chi connectivity index (χ0n) is 15.7. The number of nitrogens with one attached hydrogen (secondary N) is 2. The van der Waals surface area contributed by atoms with Crippen LogP contribution in [0.25, 0.3) is 6.08 Å². The van der Waals surface area contributed by atoms with Crippen LogP contribution in [0.5, 0.6) is 11.5 Å². The standard InChI is InChI=1S/C19H27ClN2O4/c1-5-10-26-18-15(20)11-14(12-16(18)25-4)6-7-17(23)21-8-9-22-19(24)13(2)3/h6-7,11-13H,5,8-10H2,1-4H3,(H,21,23)(H,22,24). The predicted octanol–water partition coefficient (Wildman–Crippen LogP) is 3.04. The molecule has 2 amide bonds. The van der Waals surface area contributed by atoms with Crippen LogP contribution in [0.2, 0.25) is 5.02 Å². The first kappa shape index (κ1) is 21.8. The molecule has 1 rings (SSSR count). The molecule has 26 heavy (non-hydrogen) atoms. The molecule has 0 aliphatic heterocycles. The maximum absolute atomic E-state index is 11.8. The lowest BCUT2D eigenvalue weighted by Crippen LogP contribution is -2.35. The Morgan fingerprint density at radius 3 is 2.54 bits per heavy atom. The largest absolute Gasteiger partial charge is 0.493 e. The van der Waals surface area contributed by atoms with Crippen LogP contribution < -0.4 is 20.1 Å². The highest BCUT2D eigenvalue weighted by Crippen LogP contribution is 2.36. The summed E-state index contributed by atoms with van der Waals surface area (Å²) in [5.74, 6) is 0.641. The monoisotopic (exact) mass is 382 g/mol. The Balaban J connectivity index is 2.60. The molecule has 0 spiro atoms. The minimum absolute atomic E-state index is 0.0399. The van der Waals surface area contributed by atoms with Crippen molar-refractivity contribution in [2.75, 3.05) is 26.8 Å². The summed E-state index contributed by atoms with van der Waals surface area (Å²) in [7, 11) is 1.54. The molecule has 0 radical (unpaired) electrons. The fourth-order valence-corrected chi connectivity index (χ4v) is 2.26. The van der Waals surface area contributed by atoms with Gasteiger partial charge in [0.25, 0.3) is 0 Å². The molecular formula is C19H27ClN2O4. The van der Waals surface area contributed by atoms with Gasteiger partial charge in [0.05, 0.1) is 18.7 Å². The van der Waals surface area contributed by atoms with Gasteiger partial charge in [-0.25, -0.2) is 0 Å². The van der Waals surface area contributed by atoms with E-state index in [-0.39, 0.29) is 17.7 Å². The van der Waals surface area contributed by atoms with Crippen LogP contribution in [-0.2, 0) is 9.59 Å². The van der Waals surface area contributed by atoms with Gasteiger partial charge in [-0.3, -0.25) is 9.59 Å². The van der Waals surface area contributed by atoms with E-state index >= 15 is 0 Å². The molecule has 0 heterocycles. The molecule has 0 aliphatic carbocycles. The topological polar surface area (TPSA) is 76.7 Å². The van der Waals surface area contributed by atoms with E-state index in [1.165, 1.54) is 13.2 Å². The second-order valence-corrected chi connectivity index (χ2v) is 6.36. The van der Waals surface area contributed by atoms with Crippen LogP contribution in [0.4, 0.5) is 0 Å². The van der Waals surface area contributed by atoms with Crippen molar-refractivity contribution in [3.05, 3.63) is 28.8 Å². The van der Waals surface area contributed by atoms with Gasteiger partial charge in [0.1, 0.15) is 0 Å². The number of hydrogen-bond acceptors (Lipinski definition) is 4. The molecule has 0 saturated heterocycles. The van der Waals surface area contributed by atoms with Crippen molar-refractivity contribution in [2.45, 2.75) is 27.2 Å². The van der Waals surface area contributed by atoms with Crippen molar-refractivity contribution in [1.29, 1.82) is 0 Å². The zero-order chi connectivity index (χ0) is 19.5. The molecule has 6 nitrogen and oxygen atoms in total. The highest BCUT2D eigenvalue weighted by Gasteiger charge is 2.11. The Morgan fingerprint density at radius 2 is 1.92 bits per heavy atom. The quantitative estimate of drug-likeness (QED) is 0.481. The fourth-order valence-electron chi connectivity index (χ4n) is 1.99. The summed E-state index contributed by atoms with van der Waals surface area (Å²) in [6.45, 7) is 6.92. The summed E-state index contributed by atoms with van der Waals surface area (Å²) < 4.78 is 10.9. The van der Waals surface area contributed by atoms with Crippen LogP contribution in [0.3, 0.4) is 0 Å². The summed E-state index contributed by atoms with van der Waals surface area (Å²) in [4.78, 5) is 23.3. The summed E-state index contributed by atoms with van der Waals surface area (Å²) in [5.41, 5.74) is 0.721. The normalized spacial score (nSPS) is 10.8. The number of hydrogen-bond donors (Lipinski definition) is 2. The first-order valence-electron chi connectivity index (χ1n) is 8.63. The third kappa shape index (κ3) is 7.35. The molecule has 7 heteroatoms. The maximum Gasteiger partial charge on any atom is 0.244 e. The van der Waals surface area contributed by atoms with E-state index in [2.05, 4.69) is 10.6 Å². The summed E-state index contributed by atoms with van der Waals surface area (Å²) in [6, 6.07) is 3.46. The molecule has 0 saturated carbocycles. The average Bonchev–Trinajstić information content (AvgIpc) is 2.61. The molecule has 144 valence electrons. The SMILES string of the molecule is CCCOc1c(Cl)cc(C=CC(=O)NCCNC(=O)C(C)C)cc1OC. The smallest absolute Gasteiger partial charge is 0.244 e. The first-order chi connectivity index (χ1) is 12.4. The molecule has 0 bridgehead atoms. The van der Waals surface area contributed by atoms with Gasteiger partial charge in [-0.1, -0.05) is 32.4 Å². The highest BCUT2D eigenvalue weighted by molar-refractivity contribution is 6.32. The third-order valence-electron chi connectivity index (χ3n) is 3.38. The number of methoxy groups -OCH3 is 1. The molecule has 1 aromatic carbocycles. The lowest BCUT2D eigenvalue weighted by molar-refractivity contribution is -0.124. The number of halogens is 1. The van der Waals surface area contributed by atoms with Crippen LogP contribution in [0, 0.1) is 5.92 Å². The van der Waals surface area contributed by atoms with Gasteiger partial charge in [0.15, 0.2) is 11.5 Å². The molecule has 0 aliphatic rings. The van der Waals surface area contributed by atoms with Gasteiger partial charge < -0.3 is 20.1 Å². The van der Waals surface area contributed by atoms with Crippen molar-refractivity contribution >= 4 is 29.5 Å². The molecule has 0 atom stereocenters. The molecule has 0 aromatic heterocycles. The molecule has 1 aromatic rings. The van der Waals surface area contributed by atoms with Gasteiger partial charge in [-0.05, 0) is 30.2 Å². The number of amides is 2. The van der Waals surface area contributed by atoms with Crippen molar-refractivity contribution in [1.82, 2.24) is 10.6 Å². The number of carbonyl (C=O) groups is 2. The number of carbonyl (C=O) groups excluding carboxylic acids is 2. The van der Waals surface area contributed by atoms with Crippen LogP contribution in [0.15, 0.2) is 18.2 Å². The summed E-state index contributed by atoms with van der Waals surface area (Å²) in [5, 5.41) is 5.86. The van der Waals surface area contributed by atoms with Crippen molar-refractivity contribution in [3.63, 3.8) is 0 Å². The Morgan fingerprint density at radius 1 is 1.23 bits per heavy atom. The second-order valence-electron chi connectivity index (χ2n) is 5.95. The third-order valence-corrected chi connectivity index (χ3v) is 3.66. The van der Waals surface area contributed by atoms with E-state index in [9.17, 15) is 9.59 Å². The summed E-state index contributed by atoms with van der Waals surface area (Å²) >= 11 is 6.24. The van der Waals surface area contributed by atoms with E-state index in [0.717, 1.165) is 12.0 Å². The number of benzene rings is 1.